The molecule has 0 bridgehead atoms. The second-order valence-electron chi connectivity index (χ2n) is 6.91. The number of aryl methyl sites for hydroxylation is 1. The molecular formula is C24H22ClNO4S. The van der Waals surface area contributed by atoms with E-state index in [-0.39, 0.29) is 11.5 Å². The fraction of sp³-hybridized carbons (Fsp3) is 0.125. The van der Waals surface area contributed by atoms with Crippen LogP contribution in [-0.2, 0) is 19.6 Å². The minimum Gasteiger partial charge on any atom is -0.460 e. The van der Waals surface area contributed by atoms with E-state index in [2.05, 4.69) is 4.72 Å². The summed E-state index contributed by atoms with van der Waals surface area (Å²) in [6.07, 6.45) is 2.94. The quantitative estimate of drug-likeness (QED) is 0.386. The minimum absolute atomic E-state index is 0.132. The fourth-order valence-electron chi connectivity index (χ4n) is 2.81. The van der Waals surface area contributed by atoms with Crippen LogP contribution < -0.4 is 4.72 Å². The minimum atomic E-state index is -3.83. The lowest BCUT2D eigenvalue weighted by Gasteiger charge is -2.19. The summed E-state index contributed by atoms with van der Waals surface area (Å²) in [6.45, 7) is 1.70. The Bertz CT molecular complexity index is 1140. The molecule has 0 aliphatic heterocycles. The van der Waals surface area contributed by atoms with Gasteiger partial charge in [0, 0.05) is 11.1 Å². The van der Waals surface area contributed by atoms with Gasteiger partial charge in [0.05, 0.1) is 10.9 Å². The molecule has 0 radical (unpaired) electrons. The van der Waals surface area contributed by atoms with Gasteiger partial charge in [0.1, 0.15) is 6.61 Å². The van der Waals surface area contributed by atoms with Crippen LogP contribution in [0, 0.1) is 6.92 Å². The molecule has 0 aromatic heterocycles. The Morgan fingerprint density at radius 2 is 1.65 bits per heavy atom. The summed E-state index contributed by atoms with van der Waals surface area (Å²) in [5, 5.41) is 0.520. The Labute approximate surface area is 187 Å². The molecule has 0 aliphatic rings. The molecule has 0 aliphatic carbocycles. The number of ether oxygens (including phenoxy) is 1. The average molecular weight is 456 g/mol. The number of esters is 1. The van der Waals surface area contributed by atoms with Crippen LogP contribution >= 0.6 is 11.6 Å². The SMILES string of the molecule is Cc1ccc(S(=O)(=O)NC(COC(=O)/C=C/c2ccccc2)c2ccc(Cl)cc2)cc1. The van der Waals surface area contributed by atoms with Crippen LogP contribution in [-0.4, -0.2) is 21.0 Å². The summed E-state index contributed by atoms with van der Waals surface area (Å²) in [5.41, 5.74) is 2.43. The van der Waals surface area contributed by atoms with Crippen molar-refractivity contribution in [1.82, 2.24) is 4.72 Å². The largest absolute Gasteiger partial charge is 0.460 e. The number of carbonyl (C=O) groups is 1. The van der Waals surface area contributed by atoms with Crippen molar-refractivity contribution in [3.05, 3.63) is 107 Å². The van der Waals surface area contributed by atoms with Crippen molar-refractivity contribution < 1.29 is 17.9 Å². The number of benzene rings is 3. The summed E-state index contributed by atoms with van der Waals surface area (Å²) in [4.78, 5) is 12.3. The van der Waals surface area contributed by atoms with E-state index in [0.29, 0.717) is 10.6 Å². The molecule has 5 nitrogen and oxygen atoms in total. The zero-order chi connectivity index (χ0) is 22.3. The third kappa shape index (κ3) is 6.79. The highest BCUT2D eigenvalue weighted by molar-refractivity contribution is 7.89. The van der Waals surface area contributed by atoms with Crippen molar-refractivity contribution in [3.63, 3.8) is 0 Å². The Hall–Kier alpha value is -2.93. The number of halogens is 1. The van der Waals surface area contributed by atoms with Gasteiger partial charge in [0.15, 0.2) is 0 Å². The first-order valence-corrected chi connectivity index (χ1v) is 11.4. The zero-order valence-corrected chi connectivity index (χ0v) is 18.4. The summed E-state index contributed by atoms with van der Waals surface area (Å²) < 4.78 is 33.7. The zero-order valence-electron chi connectivity index (χ0n) is 16.9. The number of carbonyl (C=O) groups excluding carboxylic acids is 1. The standard InChI is InChI=1S/C24H22ClNO4S/c1-18-7-14-22(15-8-18)31(28,29)26-23(20-10-12-21(25)13-11-20)17-30-24(27)16-9-19-5-3-2-4-6-19/h2-16,23,26H,17H2,1H3/b16-9+. The van der Waals surface area contributed by atoms with Crippen LogP contribution in [0.1, 0.15) is 22.7 Å². The lowest BCUT2D eigenvalue weighted by Crippen LogP contribution is -2.32. The first kappa shape index (κ1) is 22.7. The van der Waals surface area contributed by atoms with Crippen molar-refractivity contribution in [2.24, 2.45) is 0 Å². The molecule has 3 aromatic carbocycles. The number of sulfonamides is 1. The number of rotatable bonds is 8. The molecule has 0 saturated heterocycles. The van der Waals surface area contributed by atoms with Crippen LogP contribution in [0.5, 0.6) is 0 Å². The Morgan fingerprint density at radius 1 is 1.00 bits per heavy atom. The molecule has 1 atom stereocenters. The molecule has 31 heavy (non-hydrogen) atoms. The molecule has 0 saturated carbocycles. The van der Waals surface area contributed by atoms with Crippen LogP contribution in [0.3, 0.4) is 0 Å². The smallest absolute Gasteiger partial charge is 0.330 e. The highest BCUT2D eigenvalue weighted by Crippen LogP contribution is 2.20. The normalized spacial score (nSPS) is 12.6. The van der Waals surface area contributed by atoms with E-state index in [9.17, 15) is 13.2 Å². The molecule has 1 N–H and O–H groups in total. The van der Waals surface area contributed by atoms with E-state index in [1.165, 1.54) is 18.2 Å². The monoisotopic (exact) mass is 455 g/mol. The maximum Gasteiger partial charge on any atom is 0.330 e. The van der Waals surface area contributed by atoms with Gasteiger partial charge in [-0.15, -0.1) is 0 Å². The third-order valence-electron chi connectivity index (χ3n) is 4.50. The second kappa shape index (κ2) is 10.4. The summed E-state index contributed by atoms with van der Waals surface area (Å²) in [6, 6.07) is 21.7. The highest BCUT2D eigenvalue weighted by atomic mass is 35.5. The number of nitrogens with one attached hydrogen (secondary N) is 1. The molecular weight excluding hydrogens is 434 g/mol. The predicted octanol–water partition coefficient (Wildman–Crippen LogP) is 4.92. The molecule has 0 heterocycles. The van der Waals surface area contributed by atoms with E-state index in [4.69, 9.17) is 16.3 Å². The fourth-order valence-corrected chi connectivity index (χ4v) is 4.14. The van der Waals surface area contributed by atoms with Crippen molar-refractivity contribution >= 4 is 33.7 Å². The van der Waals surface area contributed by atoms with Gasteiger partial charge in [-0.05, 0) is 48.4 Å². The molecule has 0 amide bonds. The van der Waals surface area contributed by atoms with Crippen molar-refractivity contribution in [2.45, 2.75) is 17.9 Å². The summed E-state index contributed by atoms with van der Waals surface area (Å²) >= 11 is 5.95. The molecule has 1 unspecified atom stereocenters. The number of hydrogen-bond acceptors (Lipinski definition) is 4. The van der Waals surface area contributed by atoms with Crippen molar-refractivity contribution in [3.8, 4) is 0 Å². The van der Waals surface area contributed by atoms with E-state index in [0.717, 1.165) is 11.1 Å². The number of hydrogen-bond donors (Lipinski definition) is 1. The summed E-state index contributed by atoms with van der Waals surface area (Å²) in [7, 11) is -3.83. The Morgan fingerprint density at radius 3 is 2.29 bits per heavy atom. The molecule has 3 rings (SSSR count). The van der Waals surface area contributed by atoms with Gasteiger partial charge in [-0.3, -0.25) is 0 Å². The summed E-state index contributed by atoms with van der Waals surface area (Å²) in [5.74, 6) is -0.572. The molecule has 0 fully saturated rings. The predicted molar refractivity (Wildman–Crippen MR) is 122 cm³/mol. The third-order valence-corrected chi connectivity index (χ3v) is 6.24. The topological polar surface area (TPSA) is 72.5 Å². The van der Waals surface area contributed by atoms with E-state index < -0.39 is 22.0 Å². The molecule has 0 spiro atoms. The van der Waals surface area contributed by atoms with Gasteiger partial charge >= 0.3 is 5.97 Å². The second-order valence-corrected chi connectivity index (χ2v) is 9.06. The molecule has 7 heteroatoms. The van der Waals surface area contributed by atoms with E-state index in [1.807, 2.05) is 37.3 Å². The maximum absolute atomic E-state index is 12.9. The van der Waals surface area contributed by atoms with Gasteiger partial charge < -0.3 is 4.74 Å². The maximum atomic E-state index is 12.9. The Kier molecular flexibility index (Phi) is 7.63. The van der Waals surface area contributed by atoms with Crippen molar-refractivity contribution in [1.29, 1.82) is 0 Å². The van der Waals surface area contributed by atoms with Crippen molar-refractivity contribution in [2.75, 3.05) is 6.61 Å². The lowest BCUT2D eigenvalue weighted by molar-refractivity contribution is -0.138. The van der Waals surface area contributed by atoms with Crippen LogP contribution in [0.15, 0.2) is 89.8 Å². The first-order chi connectivity index (χ1) is 14.8. The lowest BCUT2D eigenvalue weighted by atomic mass is 10.1. The van der Waals surface area contributed by atoms with E-state index in [1.54, 1.807) is 42.5 Å². The van der Waals surface area contributed by atoms with Crippen LogP contribution in [0.25, 0.3) is 6.08 Å². The first-order valence-electron chi connectivity index (χ1n) is 9.58. The van der Waals surface area contributed by atoms with Crippen LogP contribution in [0.4, 0.5) is 0 Å². The van der Waals surface area contributed by atoms with Gasteiger partial charge in [0.25, 0.3) is 0 Å². The Balaban J connectivity index is 1.75. The molecule has 3 aromatic rings. The van der Waals surface area contributed by atoms with Gasteiger partial charge in [-0.2, -0.15) is 0 Å². The highest BCUT2D eigenvalue weighted by Gasteiger charge is 2.22. The van der Waals surface area contributed by atoms with Gasteiger partial charge in [0.2, 0.25) is 10.0 Å². The molecule has 160 valence electrons. The average Bonchev–Trinajstić information content (AvgIpc) is 2.77. The van der Waals surface area contributed by atoms with Gasteiger partial charge in [-0.1, -0.05) is 71.8 Å². The van der Waals surface area contributed by atoms with Crippen LogP contribution in [0.2, 0.25) is 5.02 Å². The van der Waals surface area contributed by atoms with Gasteiger partial charge in [-0.25, -0.2) is 17.9 Å². The van der Waals surface area contributed by atoms with E-state index >= 15 is 0 Å².